The Morgan fingerprint density at radius 1 is 1.00 bits per heavy atom. The summed E-state index contributed by atoms with van der Waals surface area (Å²) in [4.78, 5) is 0. The van der Waals surface area contributed by atoms with E-state index in [0.717, 1.165) is 36.1 Å². The molecule has 5 unspecified atom stereocenters. The number of rotatable bonds is 1. The maximum Gasteiger partial charge on any atom is -0.00460 e. The van der Waals surface area contributed by atoms with Crippen molar-refractivity contribution in [2.24, 2.45) is 35.3 Å². The zero-order chi connectivity index (χ0) is 8.13. The molecule has 0 aromatic heterocycles. The van der Waals surface area contributed by atoms with Crippen molar-refractivity contribution in [3.05, 3.63) is 0 Å². The smallest absolute Gasteiger partial charge is 0.00460 e. The predicted molar refractivity (Wildman–Crippen MR) is 49.6 cm³/mol. The topological polar surface area (TPSA) is 26.0 Å². The van der Waals surface area contributed by atoms with Gasteiger partial charge in [-0.05, 0) is 61.8 Å². The van der Waals surface area contributed by atoms with Gasteiger partial charge in [0.25, 0.3) is 0 Å². The number of nitrogens with two attached hydrogens (primary N) is 1. The van der Waals surface area contributed by atoms with E-state index in [9.17, 15) is 0 Å². The fraction of sp³-hybridized carbons (Fsp3) is 1.00. The molecule has 1 nitrogen and oxygen atoms in total. The van der Waals surface area contributed by atoms with Crippen molar-refractivity contribution in [1.29, 1.82) is 0 Å². The molecule has 0 radical (unpaired) electrons. The average molecular weight is 165 g/mol. The molecule has 3 aliphatic rings. The van der Waals surface area contributed by atoms with Crippen molar-refractivity contribution in [3.8, 4) is 0 Å². The Morgan fingerprint density at radius 3 is 2.67 bits per heavy atom. The van der Waals surface area contributed by atoms with Gasteiger partial charge in [0.05, 0.1) is 0 Å². The molecule has 0 amide bonds. The second kappa shape index (κ2) is 2.47. The average Bonchev–Trinajstić information content (AvgIpc) is 2.75. The van der Waals surface area contributed by atoms with E-state index in [4.69, 9.17) is 5.73 Å². The van der Waals surface area contributed by atoms with Gasteiger partial charge < -0.3 is 5.73 Å². The van der Waals surface area contributed by atoms with E-state index >= 15 is 0 Å². The second-order valence-electron chi connectivity index (χ2n) is 5.15. The lowest BCUT2D eigenvalue weighted by Crippen LogP contribution is -2.29. The molecule has 1 heteroatoms. The van der Waals surface area contributed by atoms with Gasteiger partial charge in [-0.25, -0.2) is 0 Å². The minimum atomic E-state index is 0.911. The summed E-state index contributed by atoms with van der Waals surface area (Å²) < 4.78 is 0. The molecule has 0 heterocycles. The van der Waals surface area contributed by atoms with Gasteiger partial charge >= 0.3 is 0 Å². The van der Waals surface area contributed by atoms with Crippen molar-refractivity contribution in [3.63, 3.8) is 0 Å². The van der Waals surface area contributed by atoms with E-state index in [1.165, 1.54) is 25.7 Å². The van der Waals surface area contributed by atoms with Crippen LogP contribution in [0.4, 0.5) is 0 Å². The lowest BCUT2D eigenvalue weighted by Gasteiger charge is -2.30. The number of fused-ring (bicyclic) bond motifs is 5. The first-order chi connectivity index (χ1) is 5.90. The molecule has 3 rings (SSSR count). The molecule has 0 aromatic carbocycles. The molecule has 3 fully saturated rings. The molecule has 3 aliphatic carbocycles. The number of hydrogen-bond donors (Lipinski definition) is 1. The third-order valence-electron chi connectivity index (χ3n) is 4.87. The summed E-state index contributed by atoms with van der Waals surface area (Å²) in [5, 5.41) is 0. The summed E-state index contributed by atoms with van der Waals surface area (Å²) in [6.45, 7) is 0.963. The molecular formula is C11H19N. The van der Waals surface area contributed by atoms with E-state index in [-0.39, 0.29) is 0 Å². The van der Waals surface area contributed by atoms with Crippen molar-refractivity contribution < 1.29 is 0 Å². The molecule has 3 saturated carbocycles. The highest BCUT2D eigenvalue weighted by atomic mass is 14.6. The van der Waals surface area contributed by atoms with Crippen LogP contribution in [0, 0.1) is 29.6 Å². The SMILES string of the molecule is NCC1CC2CC1C1CCCC21. The van der Waals surface area contributed by atoms with Crippen molar-refractivity contribution in [1.82, 2.24) is 0 Å². The molecule has 12 heavy (non-hydrogen) atoms. The Balaban J connectivity index is 1.83. The standard InChI is InChI=1S/C11H19N/c12-6-8-4-7-5-11(8)10-3-1-2-9(7)10/h7-11H,1-6,12H2. The monoisotopic (exact) mass is 165 g/mol. The van der Waals surface area contributed by atoms with Gasteiger partial charge in [0.2, 0.25) is 0 Å². The highest BCUT2D eigenvalue weighted by Crippen LogP contribution is 2.60. The zero-order valence-electron chi connectivity index (χ0n) is 7.71. The van der Waals surface area contributed by atoms with Gasteiger partial charge in [-0.3, -0.25) is 0 Å². The molecule has 0 saturated heterocycles. The normalized spacial score (nSPS) is 56.2. The Morgan fingerprint density at radius 2 is 1.83 bits per heavy atom. The lowest BCUT2D eigenvalue weighted by atomic mass is 9.76. The summed E-state index contributed by atoms with van der Waals surface area (Å²) in [6, 6.07) is 0. The number of hydrogen-bond acceptors (Lipinski definition) is 1. The molecule has 0 aromatic rings. The Kier molecular flexibility index (Phi) is 1.52. The first kappa shape index (κ1) is 7.37. The van der Waals surface area contributed by atoms with E-state index in [2.05, 4.69) is 0 Å². The predicted octanol–water partition coefficient (Wildman–Crippen LogP) is 2.02. The van der Waals surface area contributed by atoms with Crippen LogP contribution in [0.15, 0.2) is 0 Å². The van der Waals surface area contributed by atoms with Crippen LogP contribution in [0.5, 0.6) is 0 Å². The lowest BCUT2D eigenvalue weighted by molar-refractivity contribution is 0.194. The maximum atomic E-state index is 5.80. The van der Waals surface area contributed by atoms with E-state index in [0.29, 0.717) is 0 Å². The van der Waals surface area contributed by atoms with E-state index < -0.39 is 0 Å². The maximum absolute atomic E-state index is 5.80. The van der Waals surface area contributed by atoms with Crippen molar-refractivity contribution in [2.45, 2.75) is 32.1 Å². The quantitative estimate of drug-likeness (QED) is 0.632. The molecule has 5 atom stereocenters. The van der Waals surface area contributed by atoms with Crippen LogP contribution in [-0.2, 0) is 0 Å². The van der Waals surface area contributed by atoms with Crippen LogP contribution in [0.25, 0.3) is 0 Å². The Bertz CT molecular complexity index is 187. The zero-order valence-corrected chi connectivity index (χ0v) is 7.71. The highest BCUT2D eigenvalue weighted by Gasteiger charge is 2.52. The summed E-state index contributed by atoms with van der Waals surface area (Å²) >= 11 is 0. The van der Waals surface area contributed by atoms with E-state index in [1.54, 1.807) is 6.42 Å². The second-order valence-corrected chi connectivity index (χ2v) is 5.15. The minimum absolute atomic E-state index is 0.911. The molecule has 0 spiro atoms. The Labute approximate surface area is 74.7 Å². The Hall–Kier alpha value is -0.0400. The van der Waals surface area contributed by atoms with Gasteiger partial charge in [0.15, 0.2) is 0 Å². The van der Waals surface area contributed by atoms with Crippen molar-refractivity contribution >= 4 is 0 Å². The summed E-state index contributed by atoms with van der Waals surface area (Å²) in [7, 11) is 0. The highest BCUT2D eigenvalue weighted by molar-refractivity contribution is 5.02. The van der Waals surface area contributed by atoms with Crippen LogP contribution in [0.3, 0.4) is 0 Å². The van der Waals surface area contributed by atoms with Gasteiger partial charge in [0, 0.05) is 0 Å². The van der Waals surface area contributed by atoms with Gasteiger partial charge in [-0.15, -0.1) is 0 Å². The van der Waals surface area contributed by atoms with Gasteiger partial charge in [-0.1, -0.05) is 6.42 Å². The molecular weight excluding hydrogens is 146 g/mol. The van der Waals surface area contributed by atoms with Crippen molar-refractivity contribution in [2.75, 3.05) is 6.54 Å². The van der Waals surface area contributed by atoms with E-state index in [1.807, 2.05) is 0 Å². The summed E-state index contributed by atoms with van der Waals surface area (Å²) in [5.74, 6) is 5.30. The fourth-order valence-electron chi connectivity index (χ4n) is 4.48. The van der Waals surface area contributed by atoms with Crippen LogP contribution < -0.4 is 5.73 Å². The van der Waals surface area contributed by atoms with Crippen LogP contribution in [-0.4, -0.2) is 6.54 Å². The molecule has 2 N–H and O–H groups in total. The molecule has 0 aliphatic heterocycles. The first-order valence-corrected chi connectivity index (χ1v) is 5.60. The summed E-state index contributed by atoms with van der Waals surface area (Å²) in [6.07, 6.45) is 7.60. The molecule has 68 valence electrons. The first-order valence-electron chi connectivity index (χ1n) is 5.60. The third kappa shape index (κ3) is 0.783. The van der Waals surface area contributed by atoms with Crippen LogP contribution in [0.2, 0.25) is 0 Å². The molecule has 2 bridgehead atoms. The van der Waals surface area contributed by atoms with Gasteiger partial charge in [0.1, 0.15) is 0 Å². The summed E-state index contributed by atoms with van der Waals surface area (Å²) in [5.41, 5.74) is 5.80. The third-order valence-corrected chi connectivity index (χ3v) is 4.87. The largest absolute Gasteiger partial charge is 0.330 e. The fourth-order valence-corrected chi connectivity index (χ4v) is 4.48. The minimum Gasteiger partial charge on any atom is -0.330 e. The van der Waals surface area contributed by atoms with Gasteiger partial charge in [-0.2, -0.15) is 0 Å². The van der Waals surface area contributed by atoms with Crippen LogP contribution >= 0.6 is 0 Å². The van der Waals surface area contributed by atoms with Crippen LogP contribution in [0.1, 0.15) is 32.1 Å².